The minimum Gasteiger partial charge on any atom is -0.335 e. The largest absolute Gasteiger partial charge is 0.335 e. The lowest BCUT2D eigenvalue weighted by Crippen LogP contribution is -2.15. The van der Waals surface area contributed by atoms with Gasteiger partial charge in [0.05, 0.1) is 5.69 Å². The number of rotatable bonds is 3. The van der Waals surface area contributed by atoms with Crippen LogP contribution in [0.15, 0.2) is 6.20 Å². The molecule has 22 heavy (non-hydrogen) atoms. The third-order valence-electron chi connectivity index (χ3n) is 2.77. The van der Waals surface area contributed by atoms with Gasteiger partial charge in [-0.3, -0.25) is 0 Å². The quantitative estimate of drug-likeness (QED) is 0.608. The first-order valence-corrected chi connectivity index (χ1v) is 6.58. The second kappa shape index (κ2) is 10.3. The molecule has 1 aromatic heterocycles. The van der Waals surface area contributed by atoms with E-state index in [1.54, 1.807) is 0 Å². The summed E-state index contributed by atoms with van der Waals surface area (Å²) in [4.78, 5) is 23.6. The summed E-state index contributed by atoms with van der Waals surface area (Å²) in [6, 6.07) is 0. The third kappa shape index (κ3) is 10.4. The van der Waals surface area contributed by atoms with Crippen LogP contribution in [-0.4, -0.2) is 55.7 Å². The summed E-state index contributed by atoms with van der Waals surface area (Å²) in [7, 11) is 4.21. The molecule has 0 saturated carbocycles. The van der Waals surface area contributed by atoms with Crippen molar-refractivity contribution < 1.29 is 20.6 Å². The van der Waals surface area contributed by atoms with Crippen LogP contribution in [0, 0.1) is 20.2 Å². The Morgan fingerprint density at radius 1 is 1.27 bits per heavy atom. The van der Waals surface area contributed by atoms with Crippen molar-refractivity contribution in [2.45, 2.75) is 32.2 Å². The van der Waals surface area contributed by atoms with Gasteiger partial charge in [0, 0.05) is 32.1 Å². The number of nitrogens with zero attached hydrogens (tertiary/aromatic N) is 5. The Bertz CT molecular complexity index is 432. The minimum atomic E-state index is -1.50. The van der Waals surface area contributed by atoms with Crippen molar-refractivity contribution in [1.82, 2.24) is 14.5 Å². The molecule has 0 amide bonds. The van der Waals surface area contributed by atoms with Crippen molar-refractivity contribution in [3.8, 4) is 0 Å². The molecule has 2 rings (SSSR count). The third-order valence-corrected chi connectivity index (χ3v) is 2.77. The van der Waals surface area contributed by atoms with Crippen LogP contribution >= 0.6 is 0 Å². The predicted molar refractivity (Wildman–Crippen MR) is 75.0 cm³/mol. The van der Waals surface area contributed by atoms with Gasteiger partial charge in [0.15, 0.2) is 0 Å². The zero-order valence-electron chi connectivity index (χ0n) is 12.6. The number of aryl methyl sites for hydroxylation is 2. The summed E-state index contributed by atoms with van der Waals surface area (Å²) in [5, 5.41) is 27.3. The molecule has 126 valence electrons. The van der Waals surface area contributed by atoms with E-state index < -0.39 is 10.2 Å². The van der Waals surface area contributed by atoms with Crippen LogP contribution in [0.25, 0.3) is 0 Å². The van der Waals surface area contributed by atoms with Gasteiger partial charge >= 0.3 is 0 Å². The summed E-state index contributed by atoms with van der Waals surface area (Å²) in [5.74, 6) is 1.30. The molecular formula is C11H21N5O6. The molecule has 0 bridgehead atoms. The van der Waals surface area contributed by atoms with Crippen molar-refractivity contribution in [1.29, 1.82) is 0 Å². The summed E-state index contributed by atoms with van der Waals surface area (Å²) in [6.45, 7) is 2.26. The Kier molecular flexibility index (Phi) is 9.18. The molecule has 2 N–H and O–H groups in total. The molecule has 0 spiro atoms. The molecule has 0 atom stereocenters. The lowest BCUT2D eigenvalue weighted by atomic mass is 10.2. The van der Waals surface area contributed by atoms with Gasteiger partial charge in [-0.15, -0.1) is 20.2 Å². The SMILES string of the molecule is CN(C)CCc1cn2c(n1)CCCC2.O=[N+]([O-])O.O=[N+]([O-])O. The van der Waals surface area contributed by atoms with Crippen molar-refractivity contribution in [3.05, 3.63) is 37.9 Å². The van der Waals surface area contributed by atoms with Crippen LogP contribution < -0.4 is 0 Å². The molecule has 11 nitrogen and oxygen atoms in total. The molecule has 1 aliphatic heterocycles. The fourth-order valence-electron chi connectivity index (χ4n) is 1.93. The average Bonchev–Trinajstić information content (AvgIpc) is 2.77. The highest BCUT2D eigenvalue weighted by Gasteiger charge is 2.11. The van der Waals surface area contributed by atoms with Gasteiger partial charge < -0.3 is 19.9 Å². The van der Waals surface area contributed by atoms with E-state index in [-0.39, 0.29) is 0 Å². The van der Waals surface area contributed by atoms with E-state index in [4.69, 9.17) is 30.6 Å². The Morgan fingerprint density at radius 3 is 2.27 bits per heavy atom. The highest BCUT2D eigenvalue weighted by atomic mass is 16.9. The standard InChI is InChI=1S/C11H19N3.2HNO3/c1-13(2)8-6-10-9-14-7-4-3-5-11(14)12-10;2*2-1(3)4/h9H,3-8H2,1-2H3;2*(H,2,3,4). The van der Waals surface area contributed by atoms with Crippen LogP contribution in [0.3, 0.4) is 0 Å². The Hall–Kier alpha value is -2.43. The van der Waals surface area contributed by atoms with Gasteiger partial charge in [-0.1, -0.05) is 0 Å². The molecule has 1 aliphatic rings. The first-order valence-electron chi connectivity index (χ1n) is 6.58. The molecule has 0 saturated heterocycles. The highest BCUT2D eigenvalue weighted by molar-refractivity contribution is 5.06. The van der Waals surface area contributed by atoms with E-state index >= 15 is 0 Å². The lowest BCUT2D eigenvalue weighted by molar-refractivity contribution is -0.742. The number of imidazole rings is 1. The van der Waals surface area contributed by atoms with E-state index in [9.17, 15) is 0 Å². The second-order valence-electron chi connectivity index (χ2n) is 4.83. The van der Waals surface area contributed by atoms with E-state index in [0.29, 0.717) is 0 Å². The summed E-state index contributed by atoms with van der Waals surface area (Å²) < 4.78 is 2.33. The van der Waals surface area contributed by atoms with Crippen LogP contribution in [-0.2, 0) is 19.4 Å². The van der Waals surface area contributed by atoms with Crippen LogP contribution in [0.5, 0.6) is 0 Å². The first-order chi connectivity index (χ1) is 10.2. The summed E-state index contributed by atoms with van der Waals surface area (Å²) in [6.07, 6.45) is 7.10. The Morgan fingerprint density at radius 2 is 1.82 bits per heavy atom. The number of fused-ring (bicyclic) bond motifs is 1. The average molecular weight is 319 g/mol. The topological polar surface area (TPSA) is 148 Å². The number of aromatic nitrogens is 2. The van der Waals surface area contributed by atoms with Gasteiger partial charge in [-0.25, -0.2) is 4.98 Å². The second-order valence-corrected chi connectivity index (χ2v) is 4.83. The monoisotopic (exact) mass is 319 g/mol. The number of hydrogen-bond acceptors (Lipinski definition) is 6. The maximum absolute atomic E-state index is 8.36. The van der Waals surface area contributed by atoms with E-state index in [0.717, 1.165) is 13.0 Å². The molecular weight excluding hydrogens is 298 g/mol. The molecule has 2 heterocycles. The highest BCUT2D eigenvalue weighted by Crippen LogP contribution is 2.14. The van der Waals surface area contributed by atoms with Gasteiger partial charge in [-0.05, 0) is 26.9 Å². The normalized spacial score (nSPS) is 12.3. The Labute approximate surface area is 127 Å². The van der Waals surface area contributed by atoms with Crippen LogP contribution in [0.2, 0.25) is 0 Å². The van der Waals surface area contributed by atoms with Crippen molar-refractivity contribution in [2.75, 3.05) is 20.6 Å². The molecule has 0 radical (unpaired) electrons. The van der Waals surface area contributed by atoms with E-state index in [1.165, 1.54) is 37.3 Å². The maximum atomic E-state index is 8.36. The molecule has 0 unspecified atom stereocenters. The van der Waals surface area contributed by atoms with Gasteiger partial charge in [0.1, 0.15) is 5.82 Å². The molecule has 11 heteroatoms. The van der Waals surface area contributed by atoms with E-state index in [1.807, 2.05) is 0 Å². The maximum Gasteiger partial charge on any atom is 0.291 e. The number of hydrogen-bond donors (Lipinski definition) is 2. The number of likely N-dealkylation sites (N-methyl/N-ethyl adjacent to an activating group) is 1. The van der Waals surface area contributed by atoms with Crippen molar-refractivity contribution >= 4 is 0 Å². The predicted octanol–water partition coefficient (Wildman–Crippen LogP) is 0.628. The fraction of sp³-hybridized carbons (Fsp3) is 0.727. The zero-order valence-corrected chi connectivity index (χ0v) is 12.6. The summed E-state index contributed by atoms with van der Waals surface area (Å²) >= 11 is 0. The van der Waals surface area contributed by atoms with E-state index in [2.05, 4.69) is 34.7 Å². The van der Waals surface area contributed by atoms with Crippen LogP contribution in [0.4, 0.5) is 0 Å². The molecule has 0 aliphatic carbocycles. The van der Waals surface area contributed by atoms with Crippen LogP contribution in [0.1, 0.15) is 24.4 Å². The first kappa shape index (κ1) is 19.6. The van der Waals surface area contributed by atoms with Gasteiger partial charge in [0.25, 0.3) is 10.2 Å². The zero-order chi connectivity index (χ0) is 17.1. The van der Waals surface area contributed by atoms with Gasteiger partial charge in [-0.2, -0.15) is 0 Å². The smallest absolute Gasteiger partial charge is 0.291 e. The molecule has 1 aromatic rings. The fourth-order valence-corrected chi connectivity index (χ4v) is 1.93. The minimum absolute atomic E-state index is 1.08. The van der Waals surface area contributed by atoms with Crippen molar-refractivity contribution in [3.63, 3.8) is 0 Å². The summed E-state index contributed by atoms with van der Waals surface area (Å²) in [5.41, 5.74) is 1.26. The van der Waals surface area contributed by atoms with Gasteiger partial charge in [0.2, 0.25) is 0 Å². The Balaban J connectivity index is 0.000000464. The molecule has 0 fully saturated rings. The molecule has 0 aromatic carbocycles. The lowest BCUT2D eigenvalue weighted by Gasteiger charge is -2.11. The van der Waals surface area contributed by atoms with Crippen molar-refractivity contribution in [2.24, 2.45) is 0 Å².